The first kappa shape index (κ1) is 15.4. The highest BCUT2D eigenvalue weighted by Gasteiger charge is 2.11. The van der Waals surface area contributed by atoms with Crippen LogP contribution in [0.1, 0.15) is 10.4 Å². The molecule has 0 spiro atoms. The number of amides is 1. The van der Waals surface area contributed by atoms with Gasteiger partial charge in [0.15, 0.2) is 5.17 Å². The zero-order valence-corrected chi connectivity index (χ0v) is 12.9. The number of benzene rings is 1. The molecule has 1 aromatic heterocycles. The van der Waals surface area contributed by atoms with Crippen LogP contribution in [-0.2, 0) is 0 Å². The summed E-state index contributed by atoms with van der Waals surface area (Å²) in [6.45, 7) is 0. The van der Waals surface area contributed by atoms with E-state index in [1.54, 1.807) is 30.5 Å². The van der Waals surface area contributed by atoms with E-state index < -0.39 is 5.91 Å². The van der Waals surface area contributed by atoms with Crippen LogP contribution < -0.4 is 11.5 Å². The van der Waals surface area contributed by atoms with E-state index in [-0.39, 0.29) is 5.17 Å². The number of aliphatic imine (C=N–C) groups is 1. The molecule has 1 heterocycles. The predicted molar refractivity (Wildman–Crippen MR) is 88.7 cm³/mol. The highest BCUT2D eigenvalue weighted by Crippen LogP contribution is 2.22. The van der Waals surface area contributed by atoms with Gasteiger partial charge in [0.25, 0.3) is 5.91 Å². The molecule has 0 bridgehead atoms. The van der Waals surface area contributed by atoms with E-state index in [0.29, 0.717) is 16.3 Å². The van der Waals surface area contributed by atoms with Gasteiger partial charge in [-0.1, -0.05) is 6.07 Å². The maximum atomic E-state index is 12.1. The molecule has 0 saturated carbocycles. The summed E-state index contributed by atoms with van der Waals surface area (Å²) in [6.07, 6.45) is 3.58. The van der Waals surface area contributed by atoms with Crippen molar-refractivity contribution >= 4 is 40.3 Å². The van der Waals surface area contributed by atoms with Crippen molar-refractivity contribution < 1.29 is 4.79 Å². The quantitative estimate of drug-likeness (QED) is 0.391. The number of nitrogens with two attached hydrogens (primary N) is 2. The maximum absolute atomic E-state index is 12.1. The van der Waals surface area contributed by atoms with Crippen LogP contribution >= 0.6 is 23.5 Å². The van der Waals surface area contributed by atoms with Gasteiger partial charge in [-0.15, -0.1) is 11.8 Å². The lowest BCUT2D eigenvalue weighted by molar-refractivity contribution is 0.100. The lowest BCUT2D eigenvalue weighted by atomic mass is 10.2. The molecule has 1 amide bonds. The molecule has 0 unspecified atom stereocenters. The summed E-state index contributed by atoms with van der Waals surface area (Å²) in [5.74, 6) is -0.454. The van der Waals surface area contributed by atoms with Gasteiger partial charge in [0, 0.05) is 16.8 Å². The molecule has 108 valence electrons. The number of carbonyl (C=O) groups is 1. The molecule has 5 nitrogen and oxygen atoms in total. The van der Waals surface area contributed by atoms with Crippen molar-refractivity contribution in [3.05, 3.63) is 48.2 Å². The van der Waals surface area contributed by atoms with Crippen molar-refractivity contribution in [2.75, 3.05) is 12.0 Å². The fraction of sp³-hybridized carbons (Fsp3) is 0.0714. The molecule has 4 N–H and O–H groups in total. The highest BCUT2D eigenvalue weighted by molar-refractivity contribution is 8.13. The highest BCUT2D eigenvalue weighted by atomic mass is 32.2. The first-order valence-electron chi connectivity index (χ1n) is 6.01. The van der Waals surface area contributed by atoms with Crippen molar-refractivity contribution in [2.45, 2.75) is 9.92 Å². The Morgan fingerprint density at radius 2 is 2.10 bits per heavy atom. The van der Waals surface area contributed by atoms with Gasteiger partial charge in [-0.3, -0.25) is 4.79 Å². The molecular formula is C14H14N4OS2. The Morgan fingerprint density at radius 3 is 2.76 bits per heavy atom. The lowest BCUT2D eigenvalue weighted by Crippen LogP contribution is -2.11. The summed E-state index contributed by atoms with van der Waals surface area (Å²) >= 11 is 2.66. The number of hydrogen-bond donors (Lipinski definition) is 2. The van der Waals surface area contributed by atoms with Crippen molar-refractivity contribution in [1.29, 1.82) is 0 Å². The van der Waals surface area contributed by atoms with Crippen LogP contribution in [0.15, 0.2) is 57.5 Å². The zero-order valence-electron chi connectivity index (χ0n) is 11.3. The van der Waals surface area contributed by atoms with E-state index in [9.17, 15) is 4.79 Å². The van der Waals surface area contributed by atoms with Crippen LogP contribution in [0.2, 0.25) is 0 Å². The third kappa shape index (κ3) is 4.24. The SMILES string of the molecule is CSc1ccc(N)c(C(=O)N=C(N)Sc2ccccn2)c1. The smallest absolute Gasteiger partial charge is 0.281 e. The number of hydrogen-bond acceptors (Lipinski definition) is 5. The monoisotopic (exact) mass is 318 g/mol. The summed E-state index contributed by atoms with van der Waals surface area (Å²) in [7, 11) is 0. The number of carbonyl (C=O) groups excluding carboxylic acids is 1. The average molecular weight is 318 g/mol. The number of aromatic nitrogens is 1. The lowest BCUT2D eigenvalue weighted by Gasteiger charge is -2.04. The summed E-state index contributed by atoms with van der Waals surface area (Å²) in [5, 5.41) is 0.810. The predicted octanol–water partition coefficient (Wildman–Crippen LogP) is 2.63. The standard InChI is InChI=1S/C14H14N4OS2/c1-20-9-5-6-11(15)10(8-9)13(19)18-14(16)21-12-4-2-3-7-17-12/h2-8H,15H2,1H3,(H2,16,18,19). The summed E-state index contributed by atoms with van der Waals surface area (Å²) in [6, 6.07) is 10.7. The van der Waals surface area contributed by atoms with Crippen LogP contribution in [0.4, 0.5) is 5.69 Å². The van der Waals surface area contributed by atoms with Crippen molar-refractivity contribution in [3.8, 4) is 0 Å². The zero-order chi connectivity index (χ0) is 15.2. The molecule has 0 aliphatic heterocycles. The molecule has 0 aliphatic carbocycles. The number of rotatable bonds is 3. The molecule has 2 aromatic rings. The van der Waals surface area contributed by atoms with E-state index in [4.69, 9.17) is 11.5 Å². The fourth-order valence-corrected chi connectivity index (χ4v) is 2.59. The maximum Gasteiger partial charge on any atom is 0.281 e. The largest absolute Gasteiger partial charge is 0.398 e. The van der Waals surface area contributed by atoms with Gasteiger partial charge in [-0.25, -0.2) is 4.98 Å². The first-order valence-corrected chi connectivity index (χ1v) is 8.05. The molecule has 1 aromatic carbocycles. The van der Waals surface area contributed by atoms with Gasteiger partial charge in [0.05, 0.1) is 5.56 Å². The van der Waals surface area contributed by atoms with Gasteiger partial charge in [0.1, 0.15) is 5.03 Å². The number of anilines is 1. The number of nitrogens with zero attached hydrogens (tertiary/aromatic N) is 2. The second-order valence-corrected chi connectivity index (χ2v) is 5.90. The van der Waals surface area contributed by atoms with Crippen LogP contribution in [-0.4, -0.2) is 22.3 Å². The number of nitrogen functional groups attached to an aromatic ring is 1. The van der Waals surface area contributed by atoms with Crippen LogP contribution in [0.25, 0.3) is 0 Å². The third-order valence-corrected chi connectivity index (χ3v) is 4.03. The van der Waals surface area contributed by atoms with Crippen LogP contribution in [0.3, 0.4) is 0 Å². The van der Waals surface area contributed by atoms with Gasteiger partial charge in [-0.2, -0.15) is 4.99 Å². The van der Waals surface area contributed by atoms with E-state index in [0.717, 1.165) is 16.7 Å². The Kier molecular flexibility index (Phi) is 5.24. The van der Waals surface area contributed by atoms with Gasteiger partial charge < -0.3 is 11.5 Å². The van der Waals surface area contributed by atoms with E-state index in [1.807, 2.05) is 18.4 Å². The number of amidine groups is 1. The summed E-state index contributed by atoms with van der Waals surface area (Å²) < 4.78 is 0. The molecule has 2 rings (SSSR count). The second kappa shape index (κ2) is 7.14. The van der Waals surface area contributed by atoms with Crippen molar-refractivity contribution in [1.82, 2.24) is 4.98 Å². The minimum absolute atomic E-state index is 0.132. The van der Waals surface area contributed by atoms with Crippen LogP contribution in [0.5, 0.6) is 0 Å². The van der Waals surface area contributed by atoms with E-state index in [1.165, 1.54) is 11.8 Å². The normalized spacial score (nSPS) is 11.4. The molecule has 0 atom stereocenters. The fourth-order valence-electron chi connectivity index (χ4n) is 1.55. The Balaban J connectivity index is 2.18. The second-order valence-electron chi connectivity index (χ2n) is 3.98. The van der Waals surface area contributed by atoms with Crippen molar-refractivity contribution in [2.24, 2.45) is 10.7 Å². The molecule has 0 aliphatic rings. The molecule has 0 fully saturated rings. The minimum atomic E-state index is -0.454. The third-order valence-electron chi connectivity index (χ3n) is 2.55. The Hall–Kier alpha value is -1.99. The van der Waals surface area contributed by atoms with Gasteiger partial charge in [0.2, 0.25) is 0 Å². The van der Waals surface area contributed by atoms with Gasteiger partial charge >= 0.3 is 0 Å². The molecule has 0 saturated heterocycles. The van der Waals surface area contributed by atoms with E-state index >= 15 is 0 Å². The van der Waals surface area contributed by atoms with Gasteiger partial charge in [-0.05, 0) is 48.3 Å². The molecule has 0 radical (unpaired) electrons. The Morgan fingerprint density at radius 1 is 1.29 bits per heavy atom. The summed E-state index contributed by atoms with van der Waals surface area (Å²) in [4.78, 5) is 21.1. The molecular weight excluding hydrogens is 304 g/mol. The topological polar surface area (TPSA) is 94.4 Å². The molecule has 21 heavy (non-hydrogen) atoms. The number of pyridine rings is 1. The first-order chi connectivity index (χ1) is 10.1. The van der Waals surface area contributed by atoms with Crippen LogP contribution in [0, 0.1) is 0 Å². The average Bonchev–Trinajstić information content (AvgIpc) is 2.48. The summed E-state index contributed by atoms with van der Waals surface area (Å²) in [5.41, 5.74) is 12.3. The Labute approximate surface area is 131 Å². The Bertz CT molecular complexity index is 674. The van der Waals surface area contributed by atoms with Crippen molar-refractivity contribution in [3.63, 3.8) is 0 Å². The van der Waals surface area contributed by atoms with E-state index in [2.05, 4.69) is 9.98 Å². The minimum Gasteiger partial charge on any atom is -0.398 e. The number of thioether (sulfide) groups is 2. The molecule has 7 heteroatoms.